The van der Waals surface area contributed by atoms with Crippen LogP contribution in [0.3, 0.4) is 0 Å². The molecule has 1 saturated heterocycles. The van der Waals surface area contributed by atoms with Gasteiger partial charge in [0.05, 0.1) is 19.3 Å². The van der Waals surface area contributed by atoms with Gasteiger partial charge in [-0.1, -0.05) is 19.1 Å². The standard InChI is InChI=1S/C16H24FNO2/c1-4-16(3,18-7-9-20-10-8-18)15(19)13-6-5-12(2)14(17)11-13/h5-6,11,15,19H,4,7-10H2,1-3H3. The van der Waals surface area contributed by atoms with Crippen LogP contribution in [-0.2, 0) is 4.74 Å². The van der Waals surface area contributed by atoms with E-state index in [9.17, 15) is 9.50 Å². The first-order chi connectivity index (χ1) is 9.49. The molecular formula is C16H24FNO2. The number of hydrogen-bond donors (Lipinski definition) is 1. The fourth-order valence-corrected chi connectivity index (χ4v) is 2.80. The summed E-state index contributed by atoms with van der Waals surface area (Å²) in [5.41, 5.74) is 0.848. The van der Waals surface area contributed by atoms with Gasteiger partial charge in [-0.3, -0.25) is 4.90 Å². The maximum atomic E-state index is 13.7. The predicted octanol–water partition coefficient (Wildman–Crippen LogP) is 2.67. The summed E-state index contributed by atoms with van der Waals surface area (Å²) in [6, 6.07) is 5.00. The smallest absolute Gasteiger partial charge is 0.126 e. The van der Waals surface area contributed by atoms with Crippen molar-refractivity contribution < 1.29 is 14.2 Å². The van der Waals surface area contributed by atoms with Crippen LogP contribution in [0.1, 0.15) is 37.5 Å². The van der Waals surface area contributed by atoms with E-state index in [0.717, 1.165) is 19.5 Å². The highest BCUT2D eigenvalue weighted by atomic mass is 19.1. The highest BCUT2D eigenvalue weighted by Gasteiger charge is 2.39. The quantitative estimate of drug-likeness (QED) is 0.921. The normalized spacial score (nSPS) is 21.4. The van der Waals surface area contributed by atoms with E-state index < -0.39 is 11.6 Å². The van der Waals surface area contributed by atoms with E-state index in [0.29, 0.717) is 24.3 Å². The lowest BCUT2D eigenvalue weighted by molar-refractivity contribution is -0.0735. The molecule has 2 unspecified atom stereocenters. The first-order valence-corrected chi connectivity index (χ1v) is 7.26. The van der Waals surface area contributed by atoms with Crippen LogP contribution in [0.25, 0.3) is 0 Å². The Morgan fingerprint density at radius 1 is 1.40 bits per heavy atom. The zero-order chi connectivity index (χ0) is 14.8. The van der Waals surface area contributed by atoms with Crippen molar-refractivity contribution in [3.63, 3.8) is 0 Å². The molecule has 20 heavy (non-hydrogen) atoms. The SMILES string of the molecule is CCC(C)(C(O)c1ccc(C)c(F)c1)N1CCOCC1. The molecule has 112 valence electrons. The lowest BCUT2D eigenvalue weighted by Crippen LogP contribution is -2.54. The molecule has 2 rings (SSSR count). The summed E-state index contributed by atoms with van der Waals surface area (Å²) >= 11 is 0. The second-order valence-corrected chi connectivity index (χ2v) is 5.72. The minimum atomic E-state index is -0.708. The van der Waals surface area contributed by atoms with Crippen molar-refractivity contribution in [1.29, 1.82) is 0 Å². The summed E-state index contributed by atoms with van der Waals surface area (Å²) in [5, 5.41) is 10.8. The van der Waals surface area contributed by atoms with Crippen molar-refractivity contribution in [1.82, 2.24) is 4.90 Å². The first-order valence-electron chi connectivity index (χ1n) is 7.26. The van der Waals surface area contributed by atoms with Gasteiger partial charge in [-0.15, -0.1) is 0 Å². The van der Waals surface area contributed by atoms with Crippen LogP contribution in [0.5, 0.6) is 0 Å². The molecule has 1 aromatic rings. The average Bonchev–Trinajstić information content (AvgIpc) is 2.49. The number of nitrogens with zero attached hydrogens (tertiary/aromatic N) is 1. The number of aryl methyl sites for hydroxylation is 1. The van der Waals surface area contributed by atoms with Crippen molar-refractivity contribution in [2.75, 3.05) is 26.3 Å². The molecule has 1 aliphatic heterocycles. The van der Waals surface area contributed by atoms with Gasteiger partial charge in [0.25, 0.3) is 0 Å². The zero-order valence-corrected chi connectivity index (χ0v) is 12.5. The Morgan fingerprint density at radius 2 is 2.05 bits per heavy atom. The van der Waals surface area contributed by atoms with Crippen molar-refractivity contribution >= 4 is 0 Å². The lowest BCUT2D eigenvalue weighted by Gasteiger charge is -2.46. The molecule has 0 amide bonds. The topological polar surface area (TPSA) is 32.7 Å². The maximum Gasteiger partial charge on any atom is 0.126 e. The summed E-state index contributed by atoms with van der Waals surface area (Å²) in [5.74, 6) is -0.262. The molecule has 0 spiro atoms. The fourth-order valence-electron chi connectivity index (χ4n) is 2.80. The van der Waals surface area contributed by atoms with Crippen LogP contribution in [0.15, 0.2) is 18.2 Å². The van der Waals surface area contributed by atoms with Gasteiger partial charge < -0.3 is 9.84 Å². The van der Waals surface area contributed by atoms with Crippen LogP contribution in [-0.4, -0.2) is 41.8 Å². The molecule has 1 aromatic carbocycles. The Labute approximate surface area is 120 Å². The number of aliphatic hydroxyl groups is 1. The number of ether oxygens (including phenoxy) is 1. The minimum absolute atomic E-state index is 0.262. The molecule has 0 aliphatic carbocycles. The van der Waals surface area contributed by atoms with Crippen molar-refractivity contribution in [3.05, 3.63) is 35.1 Å². The molecule has 0 radical (unpaired) electrons. The van der Waals surface area contributed by atoms with Crippen LogP contribution in [0.4, 0.5) is 4.39 Å². The Kier molecular flexibility index (Phi) is 4.78. The number of benzene rings is 1. The summed E-state index contributed by atoms with van der Waals surface area (Å²) in [4.78, 5) is 2.25. The van der Waals surface area contributed by atoms with E-state index in [1.165, 1.54) is 6.07 Å². The second kappa shape index (κ2) is 6.20. The van der Waals surface area contributed by atoms with E-state index in [-0.39, 0.29) is 5.82 Å². The van der Waals surface area contributed by atoms with Gasteiger partial charge in [-0.05, 0) is 37.5 Å². The molecule has 2 atom stereocenters. The van der Waals surface area contributed by atoms with E-state index in [4.69, 9.17) is 4.74 Å². The monoisotopic (exact) mass is 281 g/mol. The van der Waals surface area contributed by atoms with Gasteiger partial charge in [-0.2, -0.15) is 0 Å². The molecule has 3 nitrogen and oxygen atoms in total. The summed E-state index contributed by atoms with van der Waals surface area (Å²) in [6.45, 7) is 8.80. The summed E-state index contributed by atoms with van der Waals surface area (Å²) < 4.78 is 19.1. The zero-order valence-electron chi connectivity index (χ0n) is 12.5. The minimum Gasteiger partial charge on any atom is -0.386 e. The van der Waals surface area contributed by atoms with Crippen LogP contribution < -0.4 is 0 Å². The van der Waals surface area contributed by atoms with Gasteiger partial charge in [-0.25, -0.2) is 4.39 Å². The van der Waals surface area contributed by atoms with Gasteiger partial charge in [0.1, 0.15) is 5.82 Å². The highest BCUT2D eigenvalue weighted by molar-refractivity contribution is 5.27. The predicted molar refractivity (Wildman–Crippen MR) is 77.2 cm³/mol. The first kappa shape index (κ1) is 15.4. The number of rotatable bonds is 4. The highest BCUT2D eigenvalue weighted by Crippen LogP contribution is 2.35. The number of aliphatic hydroxyl groups excluding tert-OH is 1. The van der Waals surface area contributed by atoms with Crippen LogP contribution >= 0.6 is 0 Å². The van der Waals surface area contributed by atoms with E-state index in [2.05, 4.69) is 11.8 Å². The molecule has 1 fully saturated rings. The Balaban J connectivity index is 2.26. The van der Waals surface area contributed by atoms with E-state index in [1.54, 1.807) is 13.0 Å². The Hall–Kier alpha value is -0.970. The fraction of sp³-hybridized carbons (Fsp3) is 0.625. The van der Waals surface area contributed by atoms with Crippen molar-refractivity contribution in [3.8, 4) is 0 Å². The van der Waals surface area contributed by atoms with E-state index >= 15 is 0 Å². The molecule has 0 aromatic heterocycles. The van der Waals surface area contributed by atoms with Gasteiger partial charge in [0.2, 0.25) is 0 Å². The lowest BCUT2D eigenvalue weighted by atomic mass is 9.84. The van der Waals surface area contributed by atoms with Crippen molar-refractivity contribution in [2.24, 2.45) is 0 Å². The summed E-state index contributed by atoms with van der Waals surface area (Å²) in [7, 11) is 0. The van der Waals surface area contributed by atoms with Crippen molar-refractivity contribution in [2.45, 2.75) is 38.8 Å². The van der Waals surface area contributed by atoms with Gasteiger partial charge in [0.15, 0.2) is 0 Å². The van der Waals surface area contributed by atoms with Crippen LogP contribution in [0.2, 0.25) is 0 Å². The molecular weight excluding hydrogens is 257 g/mol. The average molecular weight is 281 g/mol. The third-order valence-corrected chi connectivity index (χ3v) is 4.55. The largest absolute Gasteiger partial charge is 0.386 e. The molecule has 0 saturated carbocycles. The Bertz CT molecular complexity index is 460. The second-order valence-electron chi connectivity index (χ2n) is 5.72. The molecule has 1 aliphatic rings. The summed E-state index contributed by atoms with van der Waals surface area (Å²) in [6.07, 6.45) is 0.0876. The Morgan fingerprint density at radius 3 is 2.60 bits per heavy atom. The third-order valence-electron chi connectivity index (χ3n) is 4.55. The molecule has 1 heterocycles. The molecule has 1 N–H and O–H groups in total. The van der Waals surface area contributed by atoms with Gasteiger partial charge in [0, 0.05) is 18.6 Å². The number of halogens is 1. The third kappa shape index (κ3) is 2.87. The molecule has 4 heteroatoms. The number of morpholine rings is 1. The number of hydrogen-bond acceptors (Lipinski definition) is 3. The van der Waals surface area contributed by atoms with E-state index in [1.807, 2.05) is 13.0 Å². The maximum absolute atomic E-state index is 13.7. The molecule has 0 bridgehead atoms. The van der Waals surface area contributed by atoms with Gasteiger partial charge >= 0.3 is 0 Å². The van der Waals surface area contributed by atoms with Crippen LogP contribution in [0, 0.1) is 12.7 Å².